The molecule has 3 rings (SSSR count). The Labute approximate surface area is 132 Å². The Morgan fingerprint density at radius 2 is 1.95 bits per heavy atom. The van der Waals surface area contributed by atoms with Gasteiger partial charge in [0.05, 0.1) is 13.2 Å². The molecular formula is C17H27FN2O2. The summed E-state index contributed by atoms with van der Waals surface area (Å²) < 4.78 is 20.1. The van der Waals surface area contributed by atoms with E-state index in [4.69, 9.17) is 4.74 Å². The highest BCUT2D eigenvalue weighted by molar-refractivity contribution is 5.86. The lowest BCUT2D eigenvalue weighted by atomic mass is 9.76. The first-order valence-electron chi connectivity index (χ1n) is 8.46. The first-order chi connectivity index (χ1) is 10.6. The molecule has 2 saturated heterocycles. The molecule has 3 fully saturated rings. The topological polar surface area (TPSA) is 32.8 Å². The van der Waals surface area contributed by atoms with Crippen molar-refractivity contribution in [2.75, 3.05) is 45.9 Å². The van der Waals surface area contributed by atoms with Crippen LogP contribution in [0.25, 0.3) is 0 Å². The van der Waals surface area contributed by atoms with E-state index in [0.29, 0.717) is 25.9 Å². The minimum absolute atomic E-state index is 0.110. The minimum atomic E-state index is -1.56. The SMILES string of the molecule is C=CCN1CCOCC2(CCN(C(=O)C3(F)CCC3)CC2)C1. The number of hydrogen-bond donors (Lipinski definition) is 0. The summed E-state index contributed by atoms with van der Waals surface area (Å²) in [7, 11) is 0. The Morgan fingerprint density at radius 3 is 2.55 bits per heavy atom. The molecule has 1 saturated carbocycles. The van der Waals surface area contributed by atoms with Crippen LogP contribution >= 0.6 is 0 Å². The summed E-state index contributed by atoms with van der Waals surface area (Å²) in [5.74, 6) is -0.272. The molecular weight excluding hydrogens is 283 g/mol. The standard InChI is InChI=1S/C17H27FN2O2/c1-2-8-19-11-12-22-14-16(13-19)6-9-20(10-7-16)15(21)17(18)4-3-5-17/h2H,1,3-14H2. The Kier molecular flexibility index (Phi) is 4.55. The molecule has 0 atom stereocenters. The Morgan fingerprint density at radius 1 is 1.23 bits per heavy atom. The molecule has 4 nitrogen and oxygen atoms in total. The quantitative estimate of drug-likeness (QED) is 0.748. The molecule has 0 N–H and O–H groups in total. The molecule has 0 aromatic heterocycles. The molecule has 0 radical (unpaired) electrons. The molecule has 3 aliphatic rings. The fourth-order valence-electron chi connectivity index (χ4n) is 3.89. The van der Waals surface area contributed by atoms with Crippen LogP contribution in [0, 0.1) is 5.41 Å². The zero-order valence-corrected chi connectivity index (χ0v) is 13.4. The van der Waals surface area contributed by atoms with Crippen LogP contribution in [-0.2, 0) is 9.53 Å². The zero-order chi connectivity index (χ0) is 15.6. The van der Waals surface area contributed by atoms with Crippen LogP contribution in [0.5, 0.6) is 0 Å². The summed E-state index contributed by atoms with van der Waals surface area (Å²) in [4.78, 5) is 16.4. The lowest BCUT2D eigenvalue weighted by molar-refractivity contribution is -0.153. The summed E-state index contributed by atoms with van der Waals surface area (Å²) in [6.07, 6.45) is 5.39. The predicted octanol–water partition coefficient (Wildman–Crippen LogP) is 2.01. The van der Waals surface area contributed by atoms with Crippen LogP contribution in [0.1, 0.15) is 32.1 Å². The summed E-state index contributed by atoms with van der Waals surface area (Å²) in [5.41, 5.74) is -1.45. The zero-order valence-electron chi connectivity index (χ0n) is 13.4. The number of halogens is 1. The fraction of sp³-hybridized carbons (Fsp3) is 0.824. The van der Waals surface area contributed by atoms with Gasteiger partial charge in [-0.2, -0.15) is 0 Å². The number of nitrogens with zero attached hydrogens (tertiary/aromatic N) is 2. The number of amides is 1. The number of alkyl halides is 1. The second-order valence-electron chi connectivity index (χ2n) is 7.19. The molecule has 0 bridgehead atoms. The van der Waals surface area contributed by atoms with Crippen LogP contribution in [0.4, 0.5) is 4.39 Å². The molecule has 1 amide bonds. The third-order valence-electron chi connectivity index (χ3n) is 5.55. The fourth-order valence-corrected chi connectivity index (χ4v) is 3.89. The van der Waals surface area contributed by atoms with Gasteiger partial charge in [0.25, 0.3) is 5.91 Å². The van der Waals surface area contributed by atoms with Crippen molar-refractivity contribution in [3.05, 3.63) is 12.7 Å². The summed E-state index contributed by atoms with van der Waals surface area (Å²) >= 11 is 0. The number of hydrogen-bond acceptors (Lipinski definition) is 3. The number of piperidine rings is 1. The Balaban J connectivity index is 1.59. The van der Waals surface area contributed by atoms with E-state index in [0.717, 1.165) is 52.1 Å². The van der Waals surface area contributed by atoms with Crippen molar-refractivity contribution in [2.24, 2.45) is 5.41 Å². The van der Waals surface area contributed by atoms with Crippen LogP contribution in [0.15, 0.2) is 12.7 Å². The maximum atomic E-state index is 14.3. The highest BCUT2D eigenvalue weighted by atomic mass is 19.1. The summed E-state index contributed by atoms with van der Waals surface area (Å²) in [6.45, 7) is 9.45. The second-order valence-corrected chi connectivity index (χ2v) is 7.19. The van der Waals surface area contributed by atoms with Gasteiger partial charge in [0, 0.05) is 38.1 Å². The predicted molar refractivity (Wildman–Crippen MR) is 83.4 cm³/mol. The average molecular weight is 310 g/mol. The van der Waals surface area contributed by atoms with E-state index in [2.05, 4.69) is 11.5 Å². The van der Waals surface area contributed by atoms with Crippen molar-refractivity contribution >= 4 is 5.91 Å². The number of likely N-dealkylation sites (tertiary alicyclic amines) is 1. The smallest absolute Gasteiger partial charge is 0.260 e. The van der Waals surface area contributed by atoms with E-state index in [1.807, 2.05) is 6.08 Å². The second kappa shape index (κ2) is 6.28. The van der Waals surface area contributed by atoms with Gasteiger partial charge in [-0.25, -0.2) is 4.39 Å². The molecule has 0 unspecified atom stereocenters. The molecule has 124 valence electrons. The van der Waals surface area contributed by atoms with Crippen molar-refractivity contribution in [3.8, 4) is 0 Å². The highest BCUT2D eigenvalue weighted by Gasteiger charge is 2.48. The van der Waals surface area contributed by atoms with E-state index in [9.17, 15) is 9.18 Å². The van der Waals surface area contributed by atoms with Crippen molar-refractivity contribution in [1.82, 2.24) is 9.80 Å². The van der Waals surface area contributed by atoms with Gasteiger partial charge in [-0.3, -0.25) is 9.69 Å². The van der Waals surface area contributed by atoms with Crippen LogP contribution in [0.3, 0.4) is 0 Å². The van der Waals surface area contributed by atoms with Gasteiger partial charge in [0.1, 0.15) is 0 Å². The van der Waals surface area contributed by atoms with Gasteiger partial charge in [-0.15, -0.1) is 6.58 Å². The summed E-state index contributed by atoms with van der Waals surface area (Å²) in [5, 5.41) is 0. The average Bonchev–Trinajstić information content (AvgIpc) is 2.68. The van der Waals surface area contributed by atoms with E-state index in [1.54, 1.807) is 4.90 Å². The number of carbonyl (C=O) groups excluding carboxylic acids is 1. The van der Waals surface area contributed by atoms with Gasteiger partial charge in [0.2, 0.25) is 0 Å². The van der Waals surface area contributed by atoms with Crippen LogP contribution in [-0.4, -0.2) is 67.3 Å². The van der Waals surface area contributed by atoms with Crippen molar-refractivity contribution in [1.29, 1.82) is 0 Å². The third kappa shape index (κ3) is 3.06. The number of carbonyl (C=O) groups is 1. The van der Waals surface area contributed by atoms with Crippen LogP contribution < -0.4 is 0 Å². The van der Waals surface area contributed by atoms with E-state index < -0.39 is 5.67 Å². The van der Waals surface area contributed by atoms with E-state index in [-0.39, 0.29) is 11.3 Å². The molecule has 1 spiro atoms. The first-order valence-corrected chi connectivity index (χ1v) is 8.46. The van der Waals surface area contributed by atoms with Gasteiger partial charge in [-0.1, -0.05) is 6.08 Å². The lowest BCUT2D eigenvalue weighted by Crippen LogP contribution is -2.55. The van der Waals surface area contributed by atoms with E-state index in [1.165, 1.54) is 0 Å². The molecule has 22 heavy (non-hydrogen) atoms. The number of rotatable bonds is 3. The van der Waals surface area contributed by atoms with Crippen molar-refractivity contribution in [3.63, 3.8) is 0 Å². The third-order valence-corrected chi connectivity index (χ3v) is 5.55. The monoisotopic (exact) mass is 310 g/mol. The maximum absolute atomic E-state index is 14.3. The molecule has 1 aliphatic carbocycles. The molecule has 5 heteroatoms. The largest absolute Gasteiger partial charge is 0.379 e. The van der Waals surface area contributed by atoms with Crippen LogP contribution in [0.2, 0.25) is 0 Å². The van der Waals surface area contributed by atoms with Gasteiger partial charge in [-0.05, 0) is 32.1 Å². The van der Waals surface area contributed by atoms with Gasteiger partial charge in [0.15, 0.2) is 5.67 Å². The minimum Gasteiger partial charge on any atom is -0.379 e. The molecule has 0 aromatic carbocycles. The van der Waals surface area contributed by atoms with Gasteiger partial charge >= 0.3 is 0 Å². The Hall–Kier alpha value is -0.940. The van der Waals surface area contributed by atoms with E-state index >= 15 is 0 Å². The highest BCUT2D eigenvalue weighted by Crippen LogP contribution is 2.40. The van der Waals surface area contributed by atoms with Crippen molar-refractivity contribution in [2.45, 2.75) is 37.8 Å². The first kappa shape index (κ1) is 15.9. The maximum Gasteiger partial charge on any atom is 0.260 e. The number of ether oxygens (including phenoxy) is 1. The molecule has 2 aliphatic heterocycles. The van der Waals surface area contributed by atoms with Gasteiger partial charge < -0.3 is 9.64 Å². The molecule has 2 heterocycles. The molecule has 0 aromatic rings. The summed E-state index contributed by atoms with van der Waals surface area (Å²) in [6, 6.07) is 0. The van der Waals surface area contributed by atoms with Crippen molar-refractivity contribution < 1.29 is 13.9 Å². The Bertz CT molecular complexity index is 428. The normalized spacial score (nSPS) is 28.0. The lowest BCUT2D eigenvalue weighted by Gasteiger charge is -2.45.